The molecule has 1 unspecified atom stereocenters. The Kier molecular flexibility index (Phi) is 3.03. The molecule has 0 saturated heterocycles. The van der Waals surface area contributed by atoms with Crippen molar-refractivity contribution in [3.8, 4) is 0 Å². The van der Waals surface area contributed by atoms with E-state index < -0.39 is 0 Å². The van der Waals surface area contributed by atoms with Gasteiger partial charge in [-0.1, -0.05) is 6.07 Å². The second-order valence-electron chi connectivity index (χ2n) is 4.24. The quantitative estimate of drug-likeness (QED) is 0.751. The van der Waals surface area contributed by atoms with E-state index in [1.54, 1.807) is 6.07 Å². The van der Waals surface area contributed by atoms with Crippen LogP contribution in [0.15, 0.2) is 18.2 Å². The minimum Gasteiger partial charge on any atom is -0.329 e. The molecule has 82 valence electrons. The fourth-order valence-corrected chi connectivity index (χ4v) is 2.18. The van der Waals surface area contributed by atoms with Crippen LogP contribution in [0.4, 0.5) is 4.39 Å². The summed E-state index contributed by atoms with van der Waals surface area (Å²) in [7, 11) is 2.08. The van der Waals surface area contributed by atoms with Gasteiger partial charge in [0, 0.05) is 19.1 Å². The third kappa shape index (κ3) is 2.19. The van der Waals surface area contributed by atoms with Gasteiger partial charge in [0.2, 0.25) is 0 Å². The van der Waals surface area contributed by atoms with E-state index in [0.29, 0.717) is 12.6 Å². The van der Waals surface area contributed by atoms with Gasteiger partial charge in [0.1, 0.15) is 5.82 Å². The highest BCUT2D eigenvalue weighted by Crippen LogP contribution is 2.19. The third-order valence-corrected chi connectivity index (χ3v) is 3.25. The second kappa shape index (κ2) is 4.29. The van der Waals surface area contributed by atoms with Crippen LogP contribution in [0.3, 0.4) is 0 Å². The summed E-state index contributed by atoms with van der Waals surface area (Å²) < 4.78 is 13.1. The van der Waals surface area contributed by atoms with Crippen molar-refractivity contribution in [1.82, 2.24) is 4.90 Å². The molecule has 2 N–H and O–H groups in total. The Morgan fingerprint density at radius 3 is 3.00 bits per heavy atom. The van der Waals surface area contributed by atoms with Crippen LogP contribution in [0.25, 0.3) is 0 Å². The Bertz CT molecular complexity index is 351. The molecule has 1 heterocycles. The first-order chi connectivity index (χ1) is 7.20. The summed E-state index contributed by atoms with van der Waals surface area (Å²) in [4.78, 5) is 2.26. The van der Waals surface area contributed by atoms with E-state index >= 15 is 0 Å². The monoisotopic (exact) mass is 208 g/mol. The maximum Gasteiger partial charge on any atom is 0.123 e. The van der Waals surface area contributed by atoms with Crippen molar-refractivity contribution in [3.05, 3.63) is 35.1 Å². The predicted octanol–water partition coefficient (Wildman–Crippen LogP) is 1.18. The zero-order chi connectivity index (χ0) is 10.8. The van der Waals surface area contributed by atoms with Crippen LogP contribution in [0.5, 0.6) is 0 Å². The second-order valence-corrected chi connectivity index (χ2v) is 4.24. The Balaban J connectivity index is 2.29. The molecule has 0 fully saturated rings. The molecule has 0 aliphatic carbocycles. The maximum absolute atomic E-state index is 13.1. The number of fused-ring (bicyclic) bond motifs is 1. The Hall–Kier alpha value is -0.930. The average Bonchev–Trinajstić information content (AvgIpc) is 2.38. The van der Waals surface area contributed by atoms with Gasteiger partial charge < -0.3 is 10.6 Å². The van der Waals surface area contributed by atoms with Crippen LogP contribution in [-0.4, -0.2) is 31.1 Å². The zero-order valence-electron chi connectivity index (χ0n) is 9.04. The average molecular weight is 208 g/mol. The molecule has 0 aromatic heterocycles. The summed E-state index contributed by atoms with van der Waals surface area (Å²) in [6.45, 7) is 1.62. The lowest BCUT2D eigenvalue weighted by Crippen LogP contribution is -2.39. The number of halogens is 1. The zero-order valence-corrected chi connectivity index (χ0v) is 9.04. The standard InChI is InChI=1S/C12H17FN2/c1-15-5-4-10-6-11(13)3-2-9(10)7-12(15)8-14/h2-3,6,12H,4-5,7-8,14H2,1H3. The first-order valence-corrected chi connectivity index (χ1v) is 5.38. The van der Waals surface area contributed by atoms with Crippen molar-refractivity contribution in [3.63, 3.8) is 0 Å². The fraction of sp³-hybridized carbons (Fsp3) is 0.500. The molecule has 0 radical (unpaired) electrons. The molecule has 1 aromatic rings. The van der Waals surface area contributed by atoms with Crippen molar-refractivity contribution in [2.45, 2.75) is 18.9 Å². The summed E-state index contributed by atoms with van der Waals surface area (Å²) in [6.07, 6.45) is 1.85. The molecule has 2 nitrogen and oxygen atoms in total. The normalized spacial score (nSPS) is 22.2. The lowest BCUT2D eigenvalue weighted by Gasteiger charge is -2.23. The van der Waals surface area contributed by atoms with Crippen LogP contribution in [0, 0.1) is 5.82 Å². The van der Waals surface area contributed by atoms with E-state index in [9.17, 15) is 4.39 Å². The number of hydrogen-bond donors (Lipinski definition) is 1. The molecule has 0 bridgehead atoms. The number of nitrogens with zero attached hydrogens (tertiary/aromatic N) is 1. The van der Waals surface area contributed by atoms with Crippen LogP contribution in [0.1, 0.15) is 11.1 Å². The Morgan fingerprint density at radius 1 is 1.47 bits per heavy atom. The Morgan fingerprint density at radius 2 is 2.27 bits per heavy atom. The van der Waals surface area contributed by atoms with E-state index in [4.69, 9.17) is 5.73 Å². The molecule has 0 saturated carbocycles. The topological polar surface area (TPSA) is 29.3 Å². The summed E-state index contributed by atoms with van der Waals surface area (Å²) in [5.74, 6) is -0.136. The number of rotatable bonds is 1. The highest BCUT2D eigenvalue weighted by molar-refractivity contribution is 5.30. The van der Waals surface area contributed by atoms with Crippen molar-refractivity contribution in [1.29, 1.82) is 0 Å². The van der Waals surface area contributed by atoms with Crippen molar-refractivity contribution >= 4 is 0 Å². The number of benzene rings is 1. The van der Waals surface area contributed by atoms with Crippen LogP contribution in [-0.2, 0) is 12.8 Å². The van der Waals surface area contributed by atoms with Crippen molar-refractivity contribution in [2.75, 3.05) is 20.1 Å². The summed E-state index contributed by atoms with van der Waals surface area (Å²) in [5, 5.41) is 0. The molecule has 1 atom stereocenters. The van der Waals surface area contributed by atoms with Crippen molar-refractivity contribution < 1.29 is 4.39 Å². The summed E-state index contributed by atoms with van der Waals surface area (Å²) in [5.41, 5.74) is 8.12. The van der Waals surface area contributed by atoms with Gasteiger partial charge in [0.25, 0.3) is 0 Å². The van der Waals surface area contributed by atoms with Gasteiger partial charge in [-0.05, 0) is 43.1 Å². The van der Waals surface area contributed by atoms with Gasteiger partial charge in [-0.15, -0.1) is 0 Å². The molecule has 1 aliphatic rings. The molecule has 3 heteroatoms. The van der Waals surface area contributed by atoms with Gasteiger partial charge in [-0.3, -0.25) is 0 Å². The van der Waals surface area contributed by atoms with E-state index in [1.165, 1.54) is 11.6 Å². The first-order valence-electron chi connectivity index (χ1n) is 5.38. The number of hydrogen-bond acceptors (Lipinski definition) is 2. The van der Waals surface area contributed by atoms with Gasteiger partial charge in [0.15, 0.2) is 0 Å². The smallest absolute Gasteiger partial charge is 0.123 e. The highest BCUT2D eigenvalue weighted by atomic mass is 19.1. The number of likely N-dealkylation sites (N-methyl/N-ethyl adjacent to an activating group) is 1. The highest BCUT2D eigenvalue weighted by Gasteiger charge is 2.19. The Labute approximate surface area is 89.9 Å². The molecule has 2 rings (SSSR count). The van der Waals surface area contributed by atoms with E-state index in [2.05, 4.69) is 11.9 Å². The molecule has 0 spiro atoms. The van der Waals surface area contributed by atoms with Crippen molar-refractivity contribution in [2.24, 2.45) is 5.73 Å². The lowest BCUT2D eigenvalue weighted by molar-refractivity contribution is 0.256. The SMILES string of the molecule is CN1CCc2cc(F)ccc2CC1CN. The van der Waals surface area contributed by atoms with Gasteiger partial charge in [-0.25, -0.2) is 4.39 Å². The summed E-state index contributed by atoms with van der Waals surface area (Å²) >= 11 is 0. The van der Waals surface area contributed by atoms with Crippen LogP contribution >= 0.6 is 0 Å². The van der Waals surface area contributed by atoms with E-state index in [-0.39, 0.29) is 5.82 Å². The lowest BCUT2D eigenvalue weighted by atomic mass is 10.0. The minimum atomic E-state index is -0.136. The molecular formula is C12H17FN2. The van der Waals surface area contributed by atoms with Gasteiger partial charge >= 0.3 is 0 Å². The largest absolute Gasteiger partial charge is 0.329 e. The number of nitrogens with two attached hydrogens (primary N) is 1. The van der Waals surface area contributed by atoms with Gasteiger partial charge in [0.05, 0.1) is 0 Å². The van der Waals surface area contributed by atoms with Gasteiger partial charge in [-0.2, -0.15) is 0 Å². The molecule has 1 aliphatic heterocycles. The first kappa shape index (κ1) is 10.6. The molecule has 15 heavy (non-hydrogen) atoms. The van der Waals surface area contributed by atoms with E-state index in [0.717, 1.165) is 24.9 Å². The fourth-order valence-electron chi connectivity index (χ4n) is 2.18. The summed E-state index contributed by atoms with van der Waals surface area (Å²) in [6, 6.07) is 5.48. The predicted molar refractivity (Wildman–Crippen MR) is 59.3 cm³/mol. The molecule has 0 amide bonds. The molecule has 1 aromatic carbocycles. The van der Waals surface area contributed by atoms with Crippen LogP contribution in [0.2, 0.25) is 0 Å². The minimum absolute atomic E-state index is 0.136. The van der Waals surface area contributed by atoms with E-state index in [1.807, 2.05) is 6.07 Å². The third-order valence-electron chi connectivity index (χ3n) is 3.25. The molecular weight excluding hydrogens is 191 g/mol. The van der Waals surface area contributed by atoms with Crippen LogP contribution < -0.4 is 5.73 Å². The maximum atomic E-state index is 13.1.